The number of aromatic nitrogens is 4. The molecule has 7 nitrogen and oxygen atoms in total. The molecule has 0 saturated heterocycles. The second kappa shape index (κ2) is 7.92. The number of hydrogen-bond donors (Lipinski definition) is 1. The van der Waals surface area contributed by atoms with Crippen LogP contribution in [0.15, 0.2) is 85.3 Å². The van der Waals surface area contributed by atoms with Gasteiger partial charge in [-0.1, -0.05) is 72.0 Å². The van der Waals surface area contributed by atoms with E-state index >= 15 is 0 Å². The van der Waals surface area contributed by atoms with Gasteiger partial charge in [0.15, 0.2) is 10.8 Å². The van der Waals surface area contributed by atoms with Crippen molar-refractivity contribution in [1.82, 2.24) is 19.6 Å². The second-order valence-corrected chi connectivity index (χ2v) is 7.66. The van der Waals surface area contributed by atoms with Crippen LogP contribution in [0.25, 0.3) is 16.9 Å². The summed E-state index contributed by atoms with van der Waals surface area (Å²) >= 11 is 1.15. The predicted molar refractivity (Wildman–Crippen MR) is 118 cm³/mol. The maximum Gasteiger partial charge on any atom is 0.262 e. The number of rotatable bonds is 5. The van der Waals surface area contributed by atoms with Crippen LogP contribution in [0.1, 0.15) is 25.6 Å². The minimum Gasteiger partial charge on any atom is -0.298 e. The van der Waals surface area contributed by atoms with Gasteiger partial charge in [-0.25, -0.2) is 14.5 Å². The summed E-state index contributed by atoms with van der Waals surface area (Å²) in [4.78, 5) is 35.3. The minimum atomic E-state index is -0.388. The standard InChI is InChI=1S/C23H15N5O2S/c29-19(16-10-5-2-6-11-16)20-18(15-8-3-1-4-9-15)26-23(31-20)27-22(30)17-14-25-28-13-7-12-24-21(17)28/h1-14H,(H,26,27,30). The number of thiazole rings is 1. The highest BCUT2D eigenvalue weighted by Gasteiger charge is 2.23. The fraction of sp³-hybridized carbons (Fsp3) is 0. The maximum absolute atomic E-state index is 13.2. The summed E-state index contributed by atoms with van der Waals surface area (Å²) in [7, 11) is 0. The van der Waals surface area contributed by atoms with Gasteiger partial charge in [0.1, 0.15) is 10.4 Å². The molecule has 0 unspecified atom stereocenters. The average Bonchev–Trinajstić information content (AvgIpc) is 3.44. The number of carbonyl (C=O) groups is 2. The van der Waals surface area contributed by atoms with E-state index in [1.54, 1.807) is 30.6 Å². The van der Waals surface area contributed by atoms with Crippen LogP contribution in [0.2, 0.25) is 0 Å². The summed E-state index contributed by atoms with van der Waals surface area (Å²) < 4.78 is 1.52. The summed E-state index contributed by atoms with van der Waals surface area (Å²) in [6.45, 7) is 0. The lowest BCUT2D eigenvalue weighted by molar-refractivity contribution is 0.102. The molecule has 3 heterocycles. The van der Waals surface area contributed by atoms with E-state index in [-0.39, 0.29) is 11.7 Å². The Morgan fingerprint density at radius 3 is 2.45 bits per heavy atom. The van der Waals surface area contributed by atoms with Crippen LogP contribution in [0.3, 0.4) is 0 Å². The van der Waals surface area contributed by atoms with Crippen LogP contribution in [0.4, 0.5) is 5.13 Å². The fourth-order valence-corrected chi connectivity index (χ4v) is 4.14. The van der Waals surface area contributed by atoms with E-state index in [9.17, 15) is 9.59 Å². The SMILES string of the molecule is O=C(c1ccccc1)c1sc(NC(=O)c2cnn3cccnc23)nc1-c1ccccc1. The molecule has 8 heteroatoms. The van der Waals surface area contributed by atoms with Crippen molar-refractivity contribution in [3.05, 3.63) is 101 Å². The Morgan fingerprint density at radius 2 is 1.68 bits per heavy atom. The lowest BCUT2D eigenvalue weighted by Gasteiger charge is -2.02. The Labute approximate surface area is 181 Å². The number of hydrogen-bond acceptors (Lipinski definition) is 6. The van der Waals surface area contributed by atoms with Crippen molar-refractivity contribution in [3.63, 3.8) is 0 Å². The molecule has 0 fully saturated rings. The molecule has 0 bridgehead atoms. The zero-order chi connectivity index (χ0) is 21.2. The average molecular weight is 425 g/mol. The normalized spacial score (nSPS) is 10.8. The molecule has 0 atom stereocenters. The third-order valence-electron chi connectivity index (χ3n) is 4.66. The highest BCUT2D eigenvalue weighted by Crippen LogP contribution is 2.33. The van der Waals surface area contributed by atoms with Gasteiger partial charge in [0.05, 0.1) is 11.9 Å². The van der Waals surface area contributed by atoms with E-state index in [0.29, 0.717) is 32.5 Å². The molecule has 0 saturated carbocycles. The third kappa shape index (κ3) is 3.60. The summed E-state index contributed by atoms with van der Waals surface area (Å²) in [6, 6.07) is 20.2. The number of fused-ring (bicyclic) bond motifs is 1. The molecule has 2 aromatic carbocycles. The molecule has 5 aromatic rings. The first-order valence-electron chi connectivity index (χ1n) is 9.46. The summed E-state index contributed by atoms with van der Waals surface area (Å²) in [5.41, 5.74) is 2.67. The number of benzene rings is 2. The molecule has 150 valence electrons. The molecule has 0 spiro atoms. The second-order valence-electron chi connectivity index (χ2n) is 6.66. The number of amides is 1. The zero-order valence-corrected chi connectivity index (χ0v) is 16.9. The Balaban J connectivity index is 1.53. The number of ketones is 1. The van der Waals surface area contributed by atoms with Crippen LogP contribution in [0.5, 0.6) is 0 Å². The summed E-state index contributed by atoms with van der Waals surface area (Å²) in [6.07, 6.45) is 4.77. The minimum absolute atomic E-state index is 0.143. The lowest BCUT2D eigenvalue weighted by atomic mass is 10.1. The van der Waals surface area contributed by atoms with E-state index in [0.717, 1.165) is 16.9 Å². The number of carbonyl (C=O) groups excluding carboxylic acids is 2. The lowest BCUT2D eigenvalue weighted by Crippen LogP contribution is -2.11. The van der Waals surface area contributed by atoms with Crippen molar-refractivity contribution in [2.45, 2.75) is 0 Å². The predicted octanol–water partition coefficient (Wildman–Crippen LogP) is 4.34. The van der Waals surface area contributed by atoms with E-state index in [1.807, 2.05) is 48.5 Å². The number of nitrogens with zero attached hydrogens (tertiary/aromatic N) is 4. The van der Waals surface area contributed by atoms with Crippen LogP contribution in [0, 0.1) is 0 Å². The van der Waals surface area contributed by atoms with Crippen LogP contribution in [-0.2, 0) is 0 Å². The Bertz CT molecular complexity index is 1390. The third-order valence-corrected chi connectivity index (χ3v) is 5.63. The van der Waals surface area contributed by atoms with Gasteiger partial charge in [0.25, 0.3) is 5.91 Å². The van der Waals surface area contributed by atoms with Gasteiger partial charge in [-0.05, 0) is 6.07 Å². The van der Waals surface area contributed by atoms with Gasteiger partial charge in [-0.15, -0.1) is 0 Å². The first kappa shape index (κ1) is 18.8. The summed E-state index contributed by atoms with van der Waals surface area (Å²) in [5, 5.41) is 7.27. The topological polar surface area (TPSA) is 89.2 Å². The van der Waals surface area contributed by atoms with Gasteiger partial charge in [-0.2, -0.15) is 5.10 Å². The van der Waals surface area contributed by atoms with E-state index in [2.05, 4.69) is 20.4 Å². The van der Waals surface area contributed by atoms with Gasteiger partial charge in [0.2, 0.25) is 5.78 Å². The van der Waals surface area contributed by atoms with Crippen molar-refractivity contribution in [3.8, 4) is 11.3 Å². The molecule has 1 N–H and O–H groups in total. The highest BCUT2D eigenvalue weighted by atomic mass is 32.1. The van der Waals surface area contributed by atoms with Crippen LogP contribution < -0.4 is 5.32 Å². The largest absolute Gasteiger partial charge is 0.298 e. The van der Waals surface area contributed by atoms with Gasteiger partial charge < -0.3 is 0 Å². The quantitative estimate of drug-likeness (QED) is 0.423. The zero-order valence-electron chi connectivity index (χ0n) is 16.1. The van der Waals surface area contributed by atoms with Crippen LogP contribution in [-0.4, -0.2) is 31.3 Å². The van der Waals surface area contributed by atoms with Crippen molar-refractivity contribution in [1.29, 1.82) is 0 Å². The van der Waals surface area contributed by atoms with E-state index in [4.69, 9.17) is 0 Å². The molecule has 0 aliphatic heterocycles. The molecule has 0 radical (unpaired) electrons. The van der Waals surface area contributed by atoms with Crippen molar-refractivity contribution in [2.75, 3.05) is 5.32 Å². The van der Waals surface area contributed by atoms with Gasteiger partial charge in [-0.3, -0.25) is 14.9 Å². The first-order chi connectivity index (χ1) is 15.2. The Morgan fingerprint density at radius 1 is 0.935 bits per heavy atom. The van der Waals surface area contributed by atoms with Gasteiger partial charge >= 0.3 is 0 Å². The molecule has 1 amide bonds. The summed E-state index contributed by atoms with van der Waals surface area (Å²) in [5.74, 6) is -0.532. The fourth-order valence-electron chi connectivity index (χ4n) is 3.19. The molecule has 0 aliphatic carbocycles. The Kier molecular flexibility index (Phi) is 4.81. The highest BCUT2D eigenvalue weighted by molar-refractivity contribution is 7.18. The van der Waals surface area contributed by atoms with Crippen molar-refractivity contribution in [2.24, 2.45) is 0 Å². The molecule has 31 heavy (non-hydrogen) atoms. The van der Waals surface area contributed by atoms with E-state index < -0.39 is 0 Å². The molecule has 0 aliphatic rings. The van der Waals surface area contributed by atoms with E-state index in [1.165, 1.54) is 10.7 Å². The monoisotopic (exact) mass is 425 g/mol. The van der Waals surface area contributed by atoms with Crippen LogP contribution >= 0.6 is 11.3 Å². The molecule has 3 aromatic heterocycles. The number of nitrogens with one attached hydrogen (secondary N) is 1. The molecular weight excluding hydrogens is 410 g/mol. The Hall–Kier alpha value is -4.17. The van der Waals surface area contributed by atoms with Crippen molar-refractivity contribution < 1.29 is 9.59 Å². The van der Waals surface area contributed by atoms with Gasteiger partial charge in [0, 0.05) is 23.5 Å². The maximum atomic E-state index is 13.2. The van der Waals surface area contributed by atoms with Crippen molar-refractivity contribution >= 4 is 33.8 Å². The smallest absolute Gasteiger partial charge is 0.262 e. The number of anilines is 1. The first-order valence-corrected chi connectivity index (χ1v) is 10.3. The molecular formula is C23H15N5O2S. The molecule has 5 rings (SSSR count).